The Bertz CT molecular complexity index is 420. The minimum Gasteiger partial charge on any atom is -0.509 e. The molecule has 1 aliphatic heterocycles. The Labute approximate surface area is 160 Å². The van der Waals surface area contributed by atoms with E-state index in [1.807, 2.05) is 0 Å². The van der Waals surface area contributed by atoms with Crippen LogP contribution in [-0.4, -0.2) is 100 Å². The molecule has 0 saturated heterocycles. The van der Waals surface area contributed by atoms with Crippen LogP contribution < -0.4 is 5.32 Å². The minimum atomic E-state index is -0.194. The summed E-state index contributed by atoms with van der Waals surface area (Å²) >= 11 is 0. The van der Waals surface area contributed by atoms with Crippen molar-refractivity contribution in [2.45, 2.75) is 0 Å². The summed E-state index contributed by atoms with van der Waals surface area (Å²) in [7, 11) is 0. The topological polar surface area (TPSA) is 104 Å². The van der Waals surface area contributed by atoms with Crippen LogP contribution in [0.1, 0.15) is 0 Å². The number of hydrogen-bond acceptors (Lipinski definition) is 5. The maximum absolute atomic E-state index is 9.14. The monoisotopic (exact) mass is 241 g/mol. The van der Waals surface area contributed by atoms with Crippen LogP contribution in [0.15, 0.2) is 22.6 Å². The molecule has 3 radical (unpaired) electrons. The van der Waals surface area contributed by atoms with Gasteiger partial charge in [0, 0.05) is 88.7 Å². The molecule has 0 saturated carbocycles. The van der Waals surface area contributed by atoms with E-state index in [2.05, 4.69) is 5.32 Å². The molecule has 0 spiro atoms. The average molecular weight is 241 g/mol. The molecule has 0 atom stereocenters. The van der Waals surface area contributed by atoms with Crippen LogP contribution in [0.3, 0.4) is 0 Å². The molecule has 0 aliphatic carbocycles. The third-order valence-electron chi connectivity index (χ3n) is 1.56. The normalized spacial score (nSPS) is 11.4. The van der Waals surface area contributed by atoms with E-state index in [9.17, 15) is 0 Å². The van der Waals surface area contributed by atoms with E-state index in [4.69, 9.17) is 20.9 Å². The first-order valence-corrected chi connectivity index (χ1v) is 3.35. The van der Waals surface area contributed by atoms with Gasteiger partial charge >= 0.3 is 0 Å². The van der Waals surface area contributed by atoms with Crippen molar-refractivity contribution in [3.8, 4) is 18.2 Å². The largest absolute Gasteiger partial charge is 0.509 e. The maximum atomic E-state index is 9.14. The van der Waals surface area contributed by atoms with E-state index in [1.54, 1.807) is 18.2 Å². The number of rotatable bonds is 0. The molecule has 1 heterocycles. The van der Waals surface area contributed by atoms with Crippen molar-refractivity contribution in [1.82, 2.24) is 5.32 Å². The van der Waals surface area contributed by atoms with Crippen molar-refractivity contribution >= 4 is 88.7 Å². The molecule has 0 aromatic heterocycles. The molecule has 0 unspecified atom stereocenters. The molecule has 2 N–H and O–H groups in total. The van der Waals surface area contributed by atoms with Crippen LogP contribution in [0.25, 0.3) is 0 Å². The number of aliphatic hydroxyl groups excluding tert-OH is 1. The minimum absolute atomic E-state index is 0. The van der Waals surface area contributed by atoms with Gasteiger partial charge in [-0.25, -0.2) is 0 Å². The maximum Gasteiger partial charge on any atom is 0.154 e. The first kappa shape index (κ1) is 21.8. The molecule has 0 aromatic carbocycles. The summed E-state index contributed by atoms with van der Waals surface area (Å²) < 4.78 is 0. The second-order valence-electron chi connectivity index (χ2n) is 2.26. The fourth-order valence-corrected chi connectivity index (χ4v) is 0.964. The fourth-order valence-electron chi connectivity index (χ4n) is 0.964. The summed E-state index contributed by atoms with van der Waals surface area (Å²) in [4.78, 5) is 0. The summed E-state index contributed by atoms with van der Waals surface area (Å²) in [6, 6.07) is 5.00. The van der Waals surface area contributed by atoms with Crippen LogP contribution in [0.4, 0.5) is 0 Å². The van der Waals surface area contributed by atoms with E-state index in [0.717, 1.165) is 0 Å². The van der Waals surface area contributed by atoms with E-state index in [1.165, 1.54) is 0 Å². The van der Waals surface area contributed by atoms with Gasteiger partial charge in [0.2, 0.25) is 0 Å². The van der Waals surface area contributed by atoms with Gasteiger partial charge in [-0.15, -0.1) is 0 Å². The number of nitrogens with zero attached hydrogens (tertiary/aromatic N) is 3. The van der Waals surface area contributed by atoms with Gasteiger partial charge in [-0.3, -0.25) is 0 Å². The molecule has 1 aliphatic rings. The van der Waals surface area contributed by atoms with Crippen molar-refractivity contribution in [2.75, 3.05) is 6.54 Å². The fraction of sp³-hybridized carbons (Fsp3) is 0.125. The Morgan fingerprint density at radius 2 is 1.62 bits per heavy atom. The summed E-state index contributed by atoms with van der Waals surface area (Å²) in [5.74, 6) is -0.138. The Kier molecular flexibility index (Phi) is 14.6. The Hall–Kier alpha value is 0.550. The van der Waals surface area contributed by atoms with E-state index in [0.29, 0.717) is 0 Å². The smallest absolute Gasteiger partial charge is 0.154 e. The average Bonchev–Trinajstić information content (AvgIpc) is 2.50. The molecule has 16 heavy (non-hydrogen) atoms. The predicted molar refractivity (Wildman–Crippen MR) is 58.8 cm³/mol. The van der Waals surface area contributed by atoms with Gasteiger partial charge in [0.15, 0.2) is 5.57 Å². The van der Waals surface area contributed by atoms with Crippen molar-refractivity contribution in [3.05, 3.63) is 22.6 Å². The summed E-state index contributed by atoms with van der Waals surface area (Å²) in [5, 5.41) is 37.3. The predicted octanol–water partition coefficient (Wildman–Crippen LogP) is -0.916. The zero-order valence-electron chi connectivity index (χ0n) is 9.50. The van der Waals surface area contributed by atoms with Gasteiger partial charge in [0.1, 0.15) is 29.5 Å². The van der Waals surface area contributed by atoms with Gasteiger partial charge in [0.25, 0.3) is 0 Å². The zero-order chi connectivity index (χ0) is 9.84. The first-order valence-electron chi connectivity index (χ1n) is 3.35. The molecule has 0 fully saturated rings. The molecular weight excluding hydrogens is 237 g/mol. The van der Waals surface area contributed by atoms with Crippen LogP contribution in [-0.2, 0) is 0 Å². The molecule has 1 rings (SSSR count). The SMILES string of the molecule is N#CC(C#N)=C1NCC(O)=C1C#N.[Na].[Na].[Na]. The van der Waals surface area contributed by atoms with Crippen molar-refractivity contribution in [1.29, 1.82) is 15.8 Å². The first-order chi connectivity index (χ1) is 6.24. The summed E-state index contributed by atoms with van der Waals surface area (Å²) in [6.45, 7) is 0.0884. The van der Waals surface area contributed by atoms with Crippen LogP contribution >= 0.6 is 0 Å². The molecular formula is C8H4N4Na3O. The Morgan fingerprint density at radius 3 is 2.00 bits per heavy atom. The number of nitriles is 3. The quantitative estimate of drug-likeness (QED) is 0.422. The van der Waals surface area contributed by atoms with Gasteiger partial charge in [-0.05, 0) is 0 Å². The van der Waals surface area contributed by atoms with Gasteiger partial charge in [0.05, 0.1) is 12.2 Å². The van der Waals surface area contributed by atoms with E-state index >= 15 is 0 Å². The number of aliphatic hydroxyl groups is 1. The molecule has 0 bridgehead atoms. The van der Waals surface area contributed by atoms with Crippen LogP contribution in [0.5, 0.6) is 0 Å². The second-order valence-corrected chi connectivity index (χ2v) is 2.26. The number of nitrogens with one attached hydrogen (secondary N) is 1. The zero-order valence-corrected chi connectivity index (χ0v) is 15.5. The van der Waals surface area contributed by atoms with Gasteiger partial charge in [-0.1, -0.05) is 0 Å². The van der Waals surface area contributed by atoms with Crippen molar-refractivity contribution in [2.24, 2.45) is 0 Å². The molecule has 0 aromatic rings. The molecule has 5 nitrogen and oxygen atoms in total. The van der Waals surface area contributed by atoms with Crippen LogP contribution in [0, 0.1) is 34.0 Å². The molecule has 65 valence electrons. The van der Waals surface area contributed by atoms with Crippen LogP contribution in [0.2, 0.25) is 0 Å². The standard InChI is InChI=1S/C8H4N4O.3Na/c9-1-5(2-10)8-6(3-11)7(13)4-12-8;;;/h12-13H,4H2;;;. The number of hydrogen-bond donors (Lipinski definition) is 2. The van der Waals surface area contributed by atoms with Crippen molar-refractivity contribution < 1.29 is 5.11 Å². The third-order valence-corrected chi connectivity index (χ3v) is 1.56. The number of allylic oxidation sites excluding steroid dienone is 2. The third kappa shape index (κ3) is 4.82. The Balaban J connectivity index is -0.000000563. The van der Waals surface area contributed by atoms with E-state index < -0.39 is 0 Å². The Morgan fingerprint density at radius 1 is 1.12 bits per heavy atom. The van der Waals surface area contributed by atoms with E-state index in [-0.39, 0.29) is 118 Å². The van der Waals surface area contributed by atoms with Gasteiger partial charge in [-0.2, -0.15) is 15.8 Å². The molecule has 8 heteroatoms. The summed E-state index contributed by atoms with van der Waals surface area (Å²) in [6.07, 6.45) is 0. The molecule has 0 amide bonds. The second kappa shape index (κ2) is 10.7. The summed E-state index contributed by atoms with van der Waals surface area (Å²) in [5.41, 5.74) is -0.108. The van der Waals surface area contributed by atoms with Crippen molar-refractivity contribution in [3.63, 3.8) is 0 Å². The van der Waals surface area contributed by atoms with Gasteiger partial charge < -0.3 is 10.4 Å².